The van der Waals surface area contributed by atoms with Gasteiger partial charge in [-0.1, -0.05) is 59.3 Å². The number of nitrogens with two attached hydrogens (primary N) is 1. The summed E-state index contributed by atoms with van der Waals surface area (Å²) in [5.41, 5.74) is 12.8. The lowest BCUT2D eigenvalue weighted by Crippen LogP contribution is -2.57. The summed E-state index contributed by atoms with van der Waals surface area (Å²) >= 11 is 5.01. The van der Waals surface area contributed by atoms with E-state index < -0.39 is 5.97 Å². The Morgan fingerprint density at radius 3 is 2.59 bits per heavy atom. The Labute approximate surface area is 229 Å². The molecule has 3 fully saturated rings. The standard InChI is InChI=1S/C31H49N3O2S/c1-19(9-8-10-20(2)26(35)36)21-13-17-31(7)23-11-12-24-28(3,4)25(33-34-27(32)37)15-16-29(24,5)22(23)14-18-30(21,31)6/h10-11,19,21-22,24H,8-9,12-18H2,1-7H3,(H,35,36)(H3,32,34,37)/b20-10-,33-25-/t19-,21-,22+,24+,29+,30-,31+/m0/s1. The highest BCUT2D eigenvalue weighted by Gasteiger charge is 2.65. The molecule has 0 aromatic carbocycles. The second-order valence-corrected chi connectivity index (χ2v) is 14.4. The average Bonchev–Trinajstić information content (AvgIpc) is 3.09. The first-order valence-electron chi connectivity index (χ1n) is 14.4. The minimum Gasteiger partial charge on any atom is -0.478 e. The van der Waals surface area contributed by atoms with Gasteiger partial charge in [0.1, 0.15) is 0 Å². The summed E-state index contributed by atoms with van der Waals surface area (Å²) in [6.07, 6.45) is 14.9. The van der Waals surface area contributed by atoms with E-state index in [1.54, 1.807) is 12.5 Å². The lowest BCUT2D eigenvalue weighted by Gasteiger charge is -2.63. The van der Waals surface area contributed by atoms with E-state index in [0.717, 1.165) is 25.7 Å². The zero-order valence-corrected chi connectivity index (χ0v) is 24.9. The number of hydrazone groups is 1. The number of carboxylic acid groups (broad SMARTS) is 1. The van der Waals surface area contributed by atoms with Crippen LogP contribution in [0.4, 0.5) is 0 Å². The van der Waals surface area contributed by atoms with Gasteiger partial charge in [0.2, 0.25) is 0 Å². The molecule has 4 aliphatic rings. The van der Waals surface area contributed by atoms with Crippen LogP contribution in [0.1, 0.15) is 106 Å². The number of hydrogen-bond donors (Lipinski definition) is 3. The predicted octanol–water partition coefficient (Wildman–Crippen LogP) is 7.23. The first-order valence-corrected chi connectivity index (χ1v) is 14.8. The lowest BCUT2D eigenvalue weighted by atomic mass is 9.41. The zero-order chi connectivity index (χ0) is 27.4. The minimum absolute atomic E-state index is 0.00277. The fraction of sp³-hybridized carbons (Fsp3) is 0.774. The number of nitrogens with one attached hydrogen (secondary N) is 1. The number of fused-ring (bicyclic) bond motifs is 5. The predicted molar refractivity (Wildman–Crippen MR) is 156 cm³/mol. The van der Waals surface area contributed by atoms with Crippen LogP contribution in [0.3, 0.4) is 0 Å². The van der Waals surface area contributed by atoms with Crippen LogP contribution >= 0.6 is 12.2 Å². The molecular weight excluding hydrogens is 478 g/mol. The van der Waals surface area contributed by atoms with Crippen LogP contribution in [0.15, 0.2) is 28.4 Å². The van der Waals surface area contributed by atoms with Crippen molar-refractivity contribution in [1.82, 2.24) is 5.43 Å². The summed E-state index contributed by atoms with van der Waals surface area (Å²) in [5, 5.41) is 14.1. The summed E-state index contributed by atoms with van der Waals surface area (Å²) in [7, 11) is 0. The van der Waals surface area contributed by atoms with Crippen molar-refractivity contribution in [3.05, 3.63) is 23.3 Å². The molecule has 37 heavy (non-hydrogen) atoms. The van der Waals surface area contributed by atoms with Crippen LogP contribution < -0.4 is 11.2 Å². The molecule has 4 N–H and O–H groups in total. The molecule has 0 unspecified atom stereocenters. The van der Waals surface area contributed by atoms with Crippen LogP contribution in [0.2, 0.25) is 0 Å². The Kier molecular flexibility index (Phi) is 7.51. The molecule has 0 heterocycles. The second-order valence-electron chi connectivity index (χ2n) is 13.9. The Hall–Kier alpha value is -1.69. The first kappa shape index (κ1) is 28.3. The SMILES string of the molecule is C/C(=C/CC[C@H](C)[C@@H]1CC[C@]2(C)C3=CC[C@@H]4C(C)(C)/C(=N\NC(N)=S)CC[C@]4(C)[C@@H]3CC[C@@]12C)C(=O)O. The number of rotatable bonds is 6. The highest BCUT2D eigenvalue weighted by molar-refractivity contribution is 7.80. The number of hydrogen-bond acceptors (Lipinski definition) is 3. The molecule has 4 rings (SSSR count). The highest BCUT2D eigenvalue weighted by atomic mass is 32.1. The van der Waals surface area contributed by atoms with Crippen molar-refractivity contribution < 1.29 is 9.90 Å². The molecule has 6 heteroatoms. The largest absolute Gasteiger partial charge is 0.478 e. The number of carboxylic acids is 1. The quantitative estimate of drug-likeness (QED) is 0.147. The summed E-state index contributed by atoms with van der Waals surface area (Å²) in [5.74, 6) is 1.69. The molecule has 206 valence electrons. The topological polar surface area (TPSA) is 87.7 Å². The number of thiocarbonyl (C=S) groups is 1. The molecule has 0 aromatic rings. The number of carbonyl (C=O) groups is 1. The number of nitrogens with zero attached hydrogens (tertiary/aromatic N) is 1. The van der Waals surface area contributed by atoms with Crippen molar-refractivity contribution in [2.75, 3.05) is 0 Å². The number of aliphatic carboxylic acids is 1. The Morgan fingerprint density at radius 2 is 1.95 bits per heavy atom. The van der Waals surface area contributed by atoms with Gasteiger partial charge in [-0.25, -0.2) is 4.79 Å². The third-order valence-corrected chi connectivity index (χ3v) is 12.2. The molecule has 5 nitrogen and oxygen atoms in total. The van der Waals surface area contributed by atoms with Gasteiger partial charge < -0.3 is 10.8 Å². The first-order chi connectivity index (χ1) is 17.2. The monoisotopic (exact) mass is 527 g/mol. The molecule has 0 saturated heterocycles. The van der Waals surface area contributed by atoms with Gasteiger partial charge in [0.25, 0.3) is 0 Å². The van der Waals surface area contributed by atoms with Gasteiger partial charge in [-0.3, -0.25) is 5.43 Å². The van der Waals surface area contributed by atoms with Crippen LogP contribution in [0.25, 0.3) is 0 Å². The fourth-order valence-electron chi connectivity index (χ4n) is 9.65. The van der Waals surface area contributed by atoms with Crippen LogP contribution in [0.5, 0.6) is 0 Å². The molecule has 0 bridgehead atoms. The Morgan fingerprint density at radius 1 is 1.24 bits per heavy atom. The van der Waals surface area contributed by atoms with E-state index >= 15 is 0 Å². The van der Waals surface area contributed by atoms with Crippen molar-refractivity contribution >= 4 is 29.0 Å². The minimum atomic E-state index is -0.800. The molecule has 0 amide bonds. The van der Waals surface area contributed by atoms with Crippen molar-refractivity contribution in [3.8, 4) is 0 Å². The summed E-state index contributed by atoms with van der Waals surface area (Å²) in [6.45, 7) is 16.6. The molecule has 0 aliphatic heterocycles. The van der Waals surface area contributed by atoms with Crippen LogP contribution in [-0.4, -0.2) is 21.9 Å². The van der Waals surface area contributed by atoms with E-state index in [0.29, 0.717) is 34.7 Å². The van der Waals surface area contributed by atoms with E-state index in [1.165, 1.54) is 37.8 Å². The van der Waals surface area contributed by atoms with E-state index in [1.807, 2.05) is 6.08 Å². The molecule has 4 aliphatic carbocycles. The maximum absolute atomic E-state index is 11.2. The highest BCUT2D eigenvalue weighted by Crippen LogP contribution is 2.73. The Bertz CT molecular complexity index is 1050. The molecule has 7 atom stereocenters. The fourth-order valence-corrected chi connectivity index (χ4v) is 9.70. The number of allylic oxidation sites excluding steroid dienone is 3. The van der Waals surface area contributed by atoms with Gasteiger partial charge in [0.05, 0.1) is 0 Å². The maximum atomic E-state index is 11.2. The molecule has 0 aromatic heterocycles. The van der Waals surface area contributed by atoms with Gasteiger partial charge >= 0.3 is 5.97 Å². The third-order valence-electron chi connectivity index (χ3n) is 12.1. The van der Waals surface area contributed by atoms with E-state index in [2.05, 4.69) is 58.1 Å². The van der Waals surface area contributed by atoms with E-state index in [-0.39, 0.29) is 21.4 Å². The zero-order valence-electron chi connectivity index (χ0n) is 24.1. The van der Waals surface area contributed by atoms with Crippen molar-refractivity contribution in [2.45, 2.75) is 106 Å². The van der Waals surface area contributed by atoms with Gasteiger partial charge in [-0.15, -0.1) is 0 Å². The van der Waals surface area contributed by atoms with Crippen LogP contribution in [-0.2, 0) is 4.79 Å². The van der Waals surface area contributed by atoms with Gasteiger partial charge in [-0.05, 0) is 117 Å². The van der Waals surface area contributed by atoms with Gasteiger partial charge in [0.15, 0.2) is 5.11 Å². The third kappa shape index (κ3) is 4.49. The molecule has 3 saturated carbocycles. The average molecular weight is 528 g/mol. The second kappa shape index (κ2) is 9.81. The maximum Gasteiger partial charge on any atom is 0.330 e. The molecule has 0 spiro atoms. The summed E-state index contributed by atoms with van der Waals surface area (Å²) < 4.78 is 0. The lowest BCUT2D eigenvalue weighted by molar-refractivity contribution is -0.132. The van der Waals surface area contributed by atoms with Crippen LogP contribution in [0, 0.1) is 45.3 Å². The summed E-state index contributed by atoms with van der Waals surface area (Å²) in [6, 6.07) is 0. The van der Waals surface area contributed by atoms with Crippen molar-refractivity contribution in [3.63, 3.8) is 0 Å². The smallest absolute Gasteiger partial charge is 0.330 e. The Balaban J connectivity index is 1.58. The molecular formula is C31H49N3O2S. The van der Waals surface area contributed by atoms with Crippen molar-refractivity contribution in [1.29, 1.82) is 0 Å². The summed E-state index contributed by atoms with van der Waals surface area (Å²) in [4.78, 5) is 11.2. The normalized spacial score (nSPS) is 40.7. The van der Waals surface area contributed by atoms with Crippen molar-refractivity contribution in [2.24, 2.45) is 56.2 Å². The van der Waals surface area contributed by atoms with E-state index in [4.69, 9.17) is 18.0 Å². The van der Waals surface area contributed by atoms with Gasteiger partial charge in [-0.2, -0.15) is 5.10 Å². The van der Waals surface area contributed by atoms with Gasteiger partial charge in [0, 0.05) is 16.7 Å². The molecule has 0 radical (unpaired) electrons. The van der Waals surface area contributed by atoms with E-state index in [9.17, 15) is 9.90 Å².